The summed E-state index contributed by atoms with van der Waals surface area (Å²) < 4.78 is 32.0. The van der Waals surface area contributed by atoms with Gasteiger partial charge >= 0.3 is 76.5 Å². The van der Waals surface area contributed by atoms with Crippen LogP contribution in [0.3, 0.4) is 0 Å². The molecule has 45 valence electrons. The van der Waals surface area contributed by atoms with Crippen molar-refractivity contribution in [2.24, 2.45) is 0 Å². The molecule has 0 aromatic rings. The van der Waals surface area contributed by atoms with E-state index in [2.05, 4.69) is 0 Å². The Kier molecular flexibility index (Phi) is 29.0. The third-order valence-electron chi connectivity index (χ3n) is 0. The maximum Gasteiger partial charge on any atom is 2.00 e. The zero-order valence-corrected chi connectivity index (χ0v) is 11.7. The van der Waals surface area contributed by atoms with Crippen molar-refractivity contribution in [3.05, 3.63) is 0 Å². The van der Waals surface area contributed by atoms with Crippen LogP contribution in [0.1, 0.15) is 2.85 Å². The second-order valence-corrected chi connectivity index (χ2v) is 2.65. The van der Waals surface area contributed by atoms with Crippen molar-refractivity contribution in [3.63, 3.8) is 0 Å². The molecular weight excluding hydrogens is 363 g/mol. The van der Waals surface area contributed by atoms with Crippen LogP contribution in [0.2, 0.25) is 0 Å². The normalized spacial score (nSPS) is 7.25. The molecule has 1 radical (unpaired) electrons. The summed E-state index contributed by atoms with van der Waals surface area (Å²) in [5.41, 5.74) is 0. The molecule has 0 aliphatic rings. The molecule has 8 heavy (non-hydrogen) atoms. The van der Waals surface area contributed by atoms with Gasteiger partial charge in [-0.1, -0.05) is 0 Å². The molecule has 4 nitrogen and oxygen atoms in total. The molecule has 0 unspecified atom stereocenters. The Morgan fingerprint density at radius 2 is 1.25 bits per heavy atom. The fourth-order valence-electron chi connectivity index (χ4n) is 0. The molecule has 0 saturated carbocycles. The van der Waals surface area contributed by atoms with Crippen molar-refractivity contribution in [1.29, 1.82) is 0 Å². The van der Waals surface area contributed by atoms with Gasteiger partial charge in [0.2, 0.25) is 0 Å². The van der Waals surface area contributed by atoms with Gasteiger partial charge in [0.05, 0.1) is 0 Å². The molecule has 0 saturated heterocycles. The predicted octanol–water partition coefficient (Wildman–Crippen LogP) is -2.70. The fourth-order valence-corrected chi connectivity index (χ4v) is 0. The van der Waals surface area contributed by atoms with Crippen LogP contribution in [-0.2, 0) is 56.3 Å². The van der Waals surface area contributed by atoms with Gasteiger partial charge in [-0.05, 0) is 0 Å². The van der Waals surface area contributed by atoms with Gasteiger partial charge < -0.3 is 2.85 Å². The molecule has 0 amide bonds. The molecule has 2 N–H and O–H groups in total. The van der Waals surface area contributed by atoms with Crippen LogP contribution in [0.4, 0.5) is 0 Å². The third-order valence-corrected chi connectivity index (χ3v) is 0. The van der Waals surface area contributed by atoms with Crippen molar-refractivity contribution in [2.75, 3.05) is 0 Å². The Hall–Kier alpha value is 3.33. The minimum Gasteiger partial charge on any atom is 0 e. The van der Waals surface area contributed by atoms with E-state index in [1.807, 2.05) is 0 Å². The first-order valence-electron chi connectivity index (χ1n) is 0.698. The monoisotopic (exact) mass is 373 g/mol. The average molecular weight is 371 g/mol. The van der Waals surface area contributed by atoms with Gasteiger partial charge in [-0.15, -0.1) is 0 Å². The molecule has 0 aliphatic heterocycles. The summed E-state index contributed by atoms with van der Waals surface area (Å²) >= 11 is -5.52. The quantitative estimate of drug-likeness (QED) is 0.455. The fraction of sp³-hybridized carbons (Fsp3) is 0. The van der Waals surface area contributed by atoms with E-state index in [1.165, 1.54) is 0 Å². The van der Waals surface area contributed by atoms with Crippen molar-refractivity contribution in [2.45, 2.75) is 0 Å². The van der Waals surface area contributed by atoms with E-state index in [4.69, 9.17) is 14.3 Å². The summed E-state index contributed by atoms with van der Waals surface area (Å²) in [4.78, 5) is 0. The Balaban J connectivity index is -0.00000000800. The smallest absolute Gasteiger partial charge is 0 e. The summed E-state index contributed by atoms with van der Waals surface area (Å²) in [6.07, 6.45) is 0. The molecule has 0 spiro atoms. The molecule has 0 aromatic heterocycles. The Morgan fingerprint density at radius 3 is 1.25 bits per heavy atom. The van der Waals surface area contributed by atoms with E-state index in [1.54, 1.807) is 0 Å². The number of hydrogen-bond acceptors (Lipinski definition) is 2. The summed E-state index contributed by atoms with van der Waals surface area (Å²) in [5, 5.41) is 0. The van der Waals surface area contributed by atoms with Crippen LogP contribution in [-0.4, -0.2) is 70.4 Å². The Bertz CT molecular complexity index is 106. The molecule has 0 aromatic carbocycles. The second-order valence-electron chi connectivity index (χ2n) is 0.448. The minimum absolute atomic E-state index is 0. The van der Waals surface area contributed by atoms with Gasteiger partial charge in [0, 0.05) is 32.7 Å². The maximum atomic E-state index is 8.85. The van der Waals surface area contributed by atoms with Gasteiger partial charge in [0.25, 0.3) is 0 Å². The van der Waals surface area contributed by atoms with E-state index < -0.39 is 16.7 Å². The standard InChI is InChI=1S/Al.Mo.2H2O.2O.Sr.Y.5H/h;;2*1H2;;;;;;;;;/q;+2;;;;;+2;;;;;2*-1/p-2. The van der Waals surface area contributed by atoms with Crippen LogP contribution >= 0.6 is 0 Å². The first kappa shape index (κ1) is 22.5. The van der Waals surface area contributed by atoms with Crippen LogP contribution in [0.25, 0.3) is 0 Å². The Labute approximate surface area is 126 Å². The number of hydrogen-bond donors (Lipinski definition) is 2. The van der Waals surface area contributed by atoms with Crippen molar-refractivity contribution >= 4 is 62.8 Å². The molecule has 0 aliphatic carbocycles. The van der Waals surface area contributed by atoms with Crippen molar-refractivity contribution in [1.82, 2.24) is 0 Å². The van der Waals surface area contributed by atoms with Crippen LogP contribution in [0, 0.1) is 0 Å². The summed E-state index contributed by atoms with van der Waals surface area (Å²) in [6, 6.07) is 0. The van der Waals surface area contributed by atoms with E-state index in [-0.39, 0.29) is 98.4 Å². The van der Waals surface area contributed by atoms with E-state index >= 15 is 0 Å². The summed E-state index contributed by atoms with van der Waals surface area (Å²) in [5.74, 6) is 0. The van der Waals surface area contributed by atoms with Gasteiger partial charge in [-0.25, -0.2) is 0 Å². The molecule has 0 atom stereocenters. The first-order valence-corrected chi connectivity index (χ1v) is 4.13. The predicted molar refractivity (Wildman–Crippen MR) is 23.7 cm³/mol. The maximum absolute atomic E-state index is 8.85. The van der Waals surface area contributed by atoms with Crippen LogP contribution < -0.4 is 0 Å². The second kappa shape index (κ2) is 10.3. The molecular formula is H7AlMoO4SrY. The molecule has 0 bridgehead atoms. The van der Waals surface area contributed by atoms with Gasteiger partial charge in [-0.2, -0.15) is 0 Å². The van der Waals surface area contributed by atoms with E-state index in [0.717, 1.165) is 0 Å². The van der Waals surface area contributed by atoms with Gasteiger partial charge in [-0.3, -0.25) is 0 Å². The molecule has 8 heteroatoms. The molecule has 0 fully saturated rings. The Morgan fingerprint density at radius 1 is 1.25 bits per heavy atom. The van der Waals surface area contributed by atoms with Gasteiger partial charge in [0.1, 0.15) is 0 Å². The number of rotatable bonds is 0. The van der Waals surface area contributed by atoms with Crippen molar-refractivity contribution < 1.29 is 66.6 Å². The van der Waals surface area contributed by atoms with Crippen LogP contribution in [0.5, 0.6) is 0 Å². The zero-order chi connectivity index (χ0) is 4.50. The molecule has 0 heterocycles. The topological polar surface area (TPSA) is 74.6 Å². The van der Waals surface area contributed by atoms with Crippen LogP contribution in [0.15, 0.2) is 0 Å². The van der Waals surface area contributed by atoms with Crippen molar-refractivity contribution in [3.8, 4) is 0 Å². The largest absolute Gasteiger partial charge is 2.00 e. The third kappa shape index (κ3) is 58.5. The molecule has 0 rings (SSSR count). The zero-order valence-electron chi connectivity index (χ0n) is 5.40. The summed E-state index contributed by atoms with van der Waals surface area (Å²) in [7, 11) is 0. The van der Waals surface area contributed by atoms with E-state index in [0.29, 0.717) is 0 Å². The van der Waals surface area contributed by atoms with Gasteiger partial charge in [0.15, 0.2) is 17.4 Å². The average Bonchev–Trinajstić information content (AvgIpc) is 0.722. The first-order chi connectivity index (χ1) is 2.00. The van der Waals surface area contributed by atoms with E-state index in [9.17, 15) is 0 Å². The minimum atomic E-state index is -5.52. The summed E-state index contributed by atoms with van der Waals surface area (Å²) in [6.45, 7) is 0. The SMILES string of the molecule is [AlH3].[H-].[H-].[O]=[Mo](=[O])([OH])[OH].[Sr+2].[Y].